The van der Waals surface area contributed by atoms with Crippen LogP contribution in [0, 0.1) is 23.1 Å². The Hall–Kier alpha value is -1.69. The standard InChI is InChI=1S/C11H10FNO/c1-8(7-13)6-11(14)9-4-2-3-5-10(9)12/h2-5,8H,6H2,1H3/t8-/m0/s1. The molecular formula is C11H10FNO. The minimum absolute atomic E-state index is 0.0644. The monoisotopic (exact) mass is 191 g/mol. The van der Waals surface area contributed by atoms with Crippen LogP contribution in [0.15, 0.2) is 24.3 Å². The molecule has 3 heteroatoms. The van der Waals surface area contributed by atoms with Crippen LogP contribution in [0.25, 0.3) is 0 Å². The fourth-order valence-electron chi connectivity index (χ4n) is 1.12. The van der Waals surface area contributed by atoms with Crippen molar-refractivity contribution in [3.8, 4) is 6.07 Å². The van der Waals surface area contributed by atoms with E-state index in [4.69, 9.17) is 5.26 Å². The maximum Gasteiger partial charge on any atom is 0.167 e. The SMILES string of the molecule is C[C@H](C#N)CC(=O)c1ccccc1F. The third kappa shape index (κ3) is 2.40. The molecule has 0 radical (unpaired) electrons. The van der Waals surface area contributed by atoms with Crippen molar-refractivity contribution in [1.82, 2.24) is 0 Å². The van der Waals surface area contributed by atoms with Crippen molar-refractivity contribution < 1.29 is 9.18 Å². The Morgan fingerprint density at radius 2 is 2.21 bits per heavy atom. The summed E-state index contributed by atoms with van der Waals surface area (Å²) in [5, 5.41) is 8.50. The number of Topliss-reactive ketones (excluding diaryl/α,β-unsaturated/α-hetero) is 1. The summed E-state index contributed by atoms with van der Waals surface area (Å²) >= 11 is 0. The lowest BCUT2D eigenvalue weighted by Gasteiger charge is -2.02. The van der Waals surface area contributed by atoms with Crippen molar-refractivity contribution in [3.63, 3.8) is 0 Å². The average Bonchev–Trinajstić information content (AvgIpc) is 2.18. The summed E-state index contributed by atoms with van der Waals surface area (Å²) in [5.41, 5.74) is 0.0644. The molecule has 1 aromatic carbocycles. The second kappa shape index (κ2) is 4.52. The first-order chi connectivity index (χ1) is 6.65. The predicted octanol–water partition coefficient (Wildman–Crippen LogP) is 2.56. The zero-order valence-electron chi connectivity index (χ0n) is 7.83. The molecule has 0 N–H and O–H groups in total. The summed E-state index contributed by atoms with van der Waals surface area (Å²) in [6.45, 7) is 1.64. The number of nitriles is 1. The van der Waals surface area contributed by atoms with E-state index in [1.54, 1.807) is 13.0 Å². The van der Waals surface area contributed by atoms with E-state index in [0.29, 0.717) is 0 Å². The van der Waals surface area contributed by atoms with Crippen molar-refractivity contribution >= 4 is 5.78 Å². The average molecular weight is 191 g/mol. The molecule has 1 atom stereocenters. The number of hydrogen-bond donors (Lipinski definition) is 0. The number of benzene rings is 1. The van der Waals surface area contributed by atoms with E-state index in [-0.39, 0.29) is 23.7 Å². The highest BCUT2D eigenvalue weighted by atomic mass is 19.1. The van der Waals surface area contributed by atoms with Gasteiger partial charge in [0.2, 0.25) is 0 Å². The van der Waals surface area contributed by atoms with Crippen LogP contribution in [0.3, 0.4) is 0 Å². The van der Waals surface area contributed by atoms with Gasteiger partial charge in [-0.05, 0) is 19.1 Å². The lowest BCUT2D eigenvalue weighted by molar-refractivity contribution is 0.0969. The Bertz CT molecular complexity index is 381. The lowest BCUT2D eigenvalue weighted by Crippen LogP contribution is -2.06. The van der Waals surface area contributed by atoms with E-state index < -0.39 is 5.82 Å². The van der Waals surface area contributed by atoms with Crippen molar-refractivity contribution in [2.45, 2.75) is 13.3 Å². The highest BCUT2D eigenvalue weighted by molar-refractivity contribution is 5.96. The van der Waals surface area contributed by atoms with E-state index in [1.807, 2.05) is 6.07 Å². The summed E-state index contributed by atoms with van der Waals surface area (Å²) in [7, 11) is 0. The smallest absolute Gasteiger partial charge is 0.167 e. The maximum atomic E-state index is 13.1. The molecule has 0 bridgehead atoms. The zero-order chi connectivity index (χ0) is 10.6. The predicted molar refractivity (Wildman–Crippen MR) is 50.1 cm³/mol. The number of rotatable bonds is 3. The number of carbonyl (C=O) groups excluding carboxylic acids is 1. The van der Waals surface area contributed by atoms with E-state index in [2.05, 4.69) is 0 Å². The first kappa shape index (κ1) is 10.4. The van der Waals surface area contributed by atoms with Crippen molar-refractivity contribution in [2.24, 2.45) is 5.92 Å². The topological polar surface area (TPSA) is 40.9 Å². The quantitative estimate of drug-likeness (QED) is 0.689. The number of nitrogens with zero attached hydrogens (tertiary/aromatic N) is 1. The maximum absolute atomic E-state index is 13.1. The summed E-state index contributed by atoms with van der Waals surface area (Å²) in [5.74, 6) is -1.22. The molecule has 2 nitrogen and oxygen atoms in total. The molecule has 0 unspecified atom stereocenters. The van der Waals surface area contributed by atoms with Crippen molar-refractivity contribution in [1.29, 1.82) is 5.26 Å². The molecule has 0 saturated heterocycles. The second-order valence-electron chi connectivity index (χ2n) is 3.14. The summed E-state index contributed by atoms with van der Waals surface area (Å²) in [6.07, 6.45) is 0.0669. The van der Waals surface area contributed by atoms with Gasteiger partial charge in [-0.2, -0.15) is 5.26 Å². The summed E-state index contributed by atoms with van der Waals surface area (Å²) in [4.78, 5) is 11.4. The minimum Gasteiger partial charge on any atom is -0.294 e. The Morgan fingerprint density at radius 3 is 2.79 bits per heavy atom. The fourth-order valence-corrected chi connectivity index (χ4v) is 1.12. The number of halogens is 1. The van der Waals surface area contributed by atoms with E-state index in [1.165, 1.54) is 18.2 Å². The second-order valence-corrected chi connectivity index (χ2v) is 3.14. The first-order valence-electron chi connectivity index (χ1n) is 4.32. The summed E-state index contributed by atoms with van der Waals surface area (Å²) < 4.78 is 13.1. The van der Waals surface area contributed by atoms with Crippen LogP contribution in [0.4, 0.5) is 4.39 Å². The van der Waals surface area contributed by atoms with Crippen LogP contribution in [-0.2, 0) is 0 Å². The lowest BCUT2D eigenvalue weighted by atomic mass is 10.0. The normalized spacial score (nSPS) is 11.8. The van der Waals surface area contributed by atoms with Crippen LogP contribution < -0.4 is 0 Å². The molecule has 1 rings (SSSR count). The number of hydrogen-bond acceptors (Lipinski definition) is 2. The van der Waals surface area contributed by atoms with Crippen LogP contribution in [0.1, 0.15) is 23.7 Å². The van der Waals surface area contributed by atoms with Crippen molar-refractivity contribution in [3.05, 3.63) is 35.6 Å². The van der Waals surface area contributed by atoms with Gasteiger partial charge in [-0.3, -0.25) is 4.79 Å². The molecule has 0 aliphatic heterocycles. The molecule has 72 valence electrons. The molecule has 0 aliphatic rings. The number of carbonyl (C=O) groups is 1. The summed E-state index contributed by atoms with van der Waals surface area (Å²) in [6, 6.07) is 7.75. The molecule has 0 aliphatic carbocycles. The molecule has 0 amide bonds. The van der Waals surface area contributed by atoms with Gasteiger partial charge in [-0.15, -0.1) is 0 Å². The van der Waals surface area contributed by atoms with Crippen molar-refractivity contribution in [2.75, 3.05) is 0 Å². The number of ketones is 1. The highest BCUT2D eigenvalue weighted by Gasteiger charge is 2.13. The van der Waals surface area contributed by atoms with Gasteiger partial charge >= 0.3 is 0 Å². The Morgan fingerprint density at radius 1 is 1.57 bits per heavy atom. The van der Waals surface area contributed by atoms with Gasteiger partial charge in [0.1, 0.15) is 5.82 Å². The van der Waals surface area contributed by atoms with E-state index in [0.717, 1.165) is 0 Å². The third-order valence-electron chi connectivity index (χ3n) is 1.89. The largest absolute Gasteiger partial charge is 0.294 e. The third-order valence-corrected chi connectivity index (χ3v) is 1.89. The molecule has 0 fully saturated rings. The zero-order valence-corrected chi connectivity index (χ0v) is 7.83. The molecule has 0 spiro atoms. The van der Waals surface area contributed by atoms with Gasteiger partial charge in [-0.1, -0.05) is 12.1 Å². The van der Waals surface area contributed by atoms with Gasteiger partial charge in [0, 0.05) is 6.42 Å². The minimum atomic E-state index is -0.525. The van der Waals surface area contributed by atoms with E-state index in [9.17, 15) is 9.18 Å². The van der Waals surface area contributed by atoms with Gasteiger partial charge < -0.3 is 0 Å². The highest BCUT2D eigenvalue weighted by Crippen LogP contribution is 2.12. The van der Waals surface area contributed by atoms with Crippen LogP contribution >= 0.6 is 0 Å². The Kier molecular flexibility index (Phi) is 3.35. The fraction of sp³-hybridized carbons (Fsp3) is 0.273. The molecule has 0 heterocycles. The van der Waals surface area contributed by atoms with Crippen LogP contribution in [-0.4, -0.2) is 5.78 Å². The molecule has 0 aromatic heterocycles. The molecule has 1 aromatic rings. The van der Waals surface area contributed by atoms with E-state index >= 15 is 0 Å². The molecular weight excluding hydrogens is 181 g/mol. The van der Waals surface area contributed by atoms with Crippen LogP contribution in [0.2, 0.25) is 0 Å². The Balaban J connectivity index is 2.81. The first-order valence-corrected chi connectivity index (χ1v) is 4.32. The molecule has 0 saturated carbocycles. The molecule has 14 heavy (non-hydrogen) atoms. The van der Waals surface area contributed by atoms with Crippen LogP contribution in [0.5, 0.6) is 0 Å². The van der Waals surface area contributed by atoms with Gasteiger partial charge in [0.25, 0.3) is 0 Å². The Labute approximate surface area is 82.0 Å². The van der Waals surface area contributed by atoms with Gasteiger partial charge in [-0.25, -0.2) is 4.39 Å². The van der Waals surface area contributed by atoms with Gasteiger partial charge in [0.15, 0.2) is 5.78 Å². The van der Waals surface area contributed by atoms with Gasteiger partial charge in [0.05, 0.1) is 17.6 Å².